The SMILES string of the molecule is CN(C)Cc1ccc(CN2CCc3c(nc(-c4ccncc4)[nH]c3=O)C2)cc1. The molecule has 0 saturated carbocycles. The van der Waals surface area contributed by atoms with Crippen molar-refractivity contribution in [3.05, 3.63) is 81.5 Å². The minimum Gasteiger partial charge on any atom is -0.306 e. The second-order valence-electron chi connectivity index (χ2n) is 7.59. The Labute approximate surface area is 164 Å². The molecule has 0 spiro atoms. The standard InChI is InChI=1S/C22H25N5O/c1-26(2)13-16-3-5-17(6-4-16)14-27-12-9-19-20(15-27)24-21(25-22(19)28)18-7-10-23-11-8-18/h3-8,10-11H,9,12-15H2,1-2H3,(H,24,25,28). The van der Waals surface area contributed by atoms with Crippen LogP contribution >= 0.6 is 0 Å². The second-order valence-corrected chi connectivity index (χ2v) is 7.59. The Bertz CT molecular complexity index is 996. The molecule has 4 rings (SSSR count). The normalized spacial score (nSPS) is 14.2. The number of nitrogens with one attached hydrogen (secondary N) is 1. The summed E-state index contributed by atoms with van der Waals surface area (Å²) in [5.41, 5.74) is 5.15. The lowest BCUT2D eigenvalue weighted by Crippen LogP contribution is -2.35. The van der Waals surface area contributed by atoms with Crippen LogP contribution in [-0.4, -0.2) is 45.4 Å². The van der Waals surface area contributed by atoms with Crippen LogP contribution in [0.2, 0.25) is 0 Å². The largest absolute Gasteiger partial charge is 0.306 e. The Morgan fingerprint density at radius 1 is 1.07 bits per heavy atom. The van der Waals surface area contributed by atoms with E-state index in [1.807, 2.05) is 12.1 Å². The molecule has 0 atom stereocenters. The molecule has 6 heteroatoms. The van der Waals surface area contributed by atoms with Gasteiger partial charge in [0.2, 0.25) is 0 Å². The molecule has 144 valence electrons. The van der Waals surface area contributed by atoms with Crippen molar-refractivity contribution in [2.45, 2.75) is 26.1 Å². The number of pyridine rings is 1. The summed E-state index contributed by atoms with van der Waals surface area (Å²) in [6.07, 6.45) is 4.15. The van der Waals surface area contributed by atoms with Crippen LogP contribution in [0.1, 0.15) is 22.4 Å². The molecule has 3 heterocycles. The number of hydrogen-bond acceptors (Lipinski definition) is 5. The first-order chi connectivity index (χ1) is 13.6. The summed E-state index contributed by atoms with van der Waals surface area (Å²) in [7, 11) is 4.15. The molecule has 1 N–H and O–H groups in total. The Kier molecular flexibility index (Phi) is 5.32. The van der Waals surface area contributed by atoms with Crippen LogP contribution in [0.25, 0.3) is 11.4 Å². The third-order valence-electron chi connectivity index (χ3n) is 5.03. The minimum atomic E-state index is -0.0236. The quantitative estimate of drug-likeness (QED) is 0.742. The van der Waals surface area contributed by atoms with Gasteiger partial charge in [-0.15, -0.1) is 0 Å². The fourth-order valence-electron chi connectivity index (χ4n) is 3.65. The summed E-state index contributed by atoms with van der Waals surface area (Å²) in [4.78, 5) is 28.7. The van der Waals surface area contributed by atoms with E-state index in [1.54, 1.807) is 12.4 Å². The van der Waals surface area contributed by atoms with Crippen molar-refractivity contribution >= 4 is 0 Å². The average molecular weight is 375 g/mol. The van der Waals surface area contributed by atoms with E-state index in [4.69, 9.17) is 4.98 Å². The van der Waals surface area contributed by atoms with Crippen LogP contribution in [0.5, 0.6) is 0 Å². The molecule has 1 aromatic carbocycles. The van der Waals surface area contributed by atoms with Gasteiger partial charge in [-0.2, -0.15) is 0 Å². The summed E-state index contributed by atoms with van der Waals surface area (Å²) >= 11 is 0. The van der Waals surface area contributed by atoms with Gasteiger partial charge in [0.05, 0.1) is 5.69 Å². The topological polar surface area (TPSA) is 65.1 Å². The van der Waals surface area contributed by atoms with Gasteiger partial charge < -0.3 is 9.88 Å². The van der Waals surface area contributed by atoms with Crippen molar-refractivity contribution < 1.29 is 0 Å². The van der Waals surface area contributed by atoms with Crippen LogP contribution in [0, 0.1) is 0 Å². The number of hydrogen-bond donors (Lipinski definition) is 1. The van der Waals surface area contributed by atoms with Gasteiger partial charge in [-0.05, 0) is 43.8 Å². The van der Waals surface area contributed by atoms with Crippen molar-refractivity contribution in [2.75, 3.05) is 20.6 Å². The molecule has 0 fully saturated rings. The van der Waals surface area contributed by atoms with Crippen LogP contribution < -0.4 is 5.56 Å². The molecular weight excluding hydrogens is 350 g/mol. The number of benzene rings is 1. The number of aromatic nitrogens is 3. The first-order valence-electron chi connectivity index (χ1n) is 9.56. The smallest absolute Gasteiger partial charge is 0.254 e. The third-order valence-corrected chi connectivity index (χ3v) is 5.03. The van der Waals surface area contributed by atoms with E-state index in [1.165, 1.54) is 11.1 Å². The van der Waals surface area contributed by atoms with E-state index < -0.39 is 0 Å². The van der Waals surface area contributed by atoms with Crippen LogP contribution in [0.4, 0.5) is 0 Å². The summed E-state index contributed by atoms with van der Waals surface area (Å²) < 4.78 is 0. The highest BCUT2D eigenvalue weighted by atomic mass is 16.1. The highest BCUT2D eigenvalue weighted by Gasteiger charge is 2.21. The van der Waals surface area contributed by atoms with E-state index in [2.05, 4.69) is 58.1 Å². The molecule has 1 aliphatic heterocycles. The molecule has 28 heavy (non-hydrogen) atoms. The highest BCUT2D eigenvalue weighted by Crippen LogP contribution is 2.20. The molecule has 0 bridgehead atoms. The van der Waals surface area contributed by atoms with Crippen molar-refractivity contribution in [3.8, 4) is 11.4 Å². The van der Waals surface area contributed by atoms with Gasteiger partial charge in [0, 0.05) is 49.7 Å². The number of H-pyrrole nitrogens is 1. The van der Waals surface area contributed by atoms with Crippen molar-refractivity contribution in [3.63, 3.8) is 0 Å². The molecule has 0 amide bonds. The molecule has 1 aliphatic rings. The first-order valence-corrected chi connectivity index (χ1v) is 9.56. The lowest BCUT2D eigenvalue weighted by molar-refractivity contribution is 0.240. The molecule has 3 aromatic rings. The van der Waals surface area contributed by atoms with Gasteiger partial charge in [0.1, 0.15) is 5.82 Å². The Morgan fingerprint density at radius 3 is 2.50 bits per heavy atom. The zero-order valence-electron chi connectivity index (χ0n) is 16.4. The van der Waals surface area contributed by atoms with Gasteiger partial charge in [0.25, 0.3) is 5.56 Å². The van der Waals surface area contributed by atoms with E-state index in [-0.39, 0.29) is 5.56 Å². The maximum Gasteiger partial charge on any atom is 0.254 e. The van der Waals surface area contributed by atoms with E-state index in [0.717, 1.165) is 42.9 Å². The lowest BCUT2D eigenvalue weighted by atomic mass is 10.0. The van der Waals surface area contributed by atoms with Crippen molar-refractivity contribution in [1.82, 2.24) is 24.8 Å². The van der Waals surface area contributed by atoms with Gasteiger partial charge in [-0.25, -0.2) is 4.98 Å². The molecular formula is C22H25N5O. The minimum absolute atomic E-state index is 0.0236. The Morgan fingerprint density at radius 2 is 1.79 bits per heavy atom. The molecule has 0 radical (unpaired) electrons. The maximum absolute atomic E-state index is 12.5. The third kappa shape index (κ3) is 4.18. The zero-order valence-corrected chi connectivity index (χ0v) is 16.4. The van der Waals surface area contributed by atoms with Crippen LogP contribution in [0.15, 0.2) is 53.6 Å². The van der Waals surface area contributed by atoms with Gasteiger partial charge >= 0.3 is 0 Å². The predicted octanol–water partition coefficient (Wildman–Crippen LogP) is 2.45. The monoisotopic (exact) mass is 375 g/mol. The summed E-state index contributed by atoms with van der Waals surface area (Å²) in [6.45, 7) is 3.37. The van der Waals surface area contributed by atoms with Gasteiger partial charge in [-0.3, -0.25) is 14.7 Å². The van der Waals surface area contributed by atoms with E-state index in [0.29, 0.717) is 12.4 Å². The first kappa shape index (κ1) is 18.5. The van der Waals surface area contributed by atoms with E-state index in [9.17, 15) is 4.79 Å². The average Bonchev–Trinajstić information content (AvgIpc) is 2.69. The second kappa shape index (κ2) is 8.04. The predicted molar refractivity (Wildman–Crippen MR) is 110 cm³/mol. The molecule has 2 aromatic heterocycles. The van der Waals surface area contributed by atoms with Gasteiger partial charge in [0.15, 0.2) is 0 Å². The zero-order chi connectivity index (χ0) is 19.5. The van der Waals surface area contributed by atoms with Crippen molar-refractivity contribution in [1.29, 1.82) is 0 Å². The number of aromatic amines is 1. The lowest BCUT2D eigenvalue weighted by Gasteiger charge is -2.27. The molecule has 0 unspecified atom stereocenters. The van der Waals surface area contributed by atoms with Crippen molar-refractivity contribution in [2.24, 2.45) is 0 Å². The van der Waals surface area contributed by atoms with Crippen LogP contribution in [0.3, 0.4) is 0 Å². The van der Waals surface area contributed by atoms with Gasteiger partial charge in [-0.1, -0.05) is 24.3 Å². The fourth-order valence-corrected chi connectivity index (χ4v) is 3.65. The summed E-state index contributed by atoms with van der Waals surface area (Å²) in [5.74, 6) is 0.612. The Hall–Kier alpha value is -2.83. The number of rotatable bonds is 5. The maximum atomic E-state index is 12.5. The molecule has 0 aliphatic carbocycles. The van der Waals surface area contributed by atoms with E-state index >= 15 is 0 Å². The number of nitrogens with zero attached hydrogens (tertiary/aromatic N) is 4. The summed E-state index contributed by atoms with van der Waals surface area (Å²) in [6, 6.07) is 12.5. The van der Waals surface area contributed by atoms with Crippen LogP contribution in [-0.2, 0) is 26.1 Å². The summed E-state index contributed by atoms with van der Waals surface area (Å²) in [5, 5.41) is 0. The highest BCUT2D eigenvalue weighted by molar-refractivity contribution is 5.54. The Balaban J connectivity index is 1.51. The fraction of sp³-hybridized carbons (Fsp3) is 0.318. The molecule has 0 saturated heterocycles. The molecule has 6 nitrogen and oxygen atoms in total. The number of fused-ring (bicyclic) bond motifs is 1.